The standard InChI is InChI=1S/C18H20Cl2N2O3/c1-5-22-10(2)8-14(11(22)3)18(24)25-12(4)17(23)21-16-7-6-13(19)9-15(16)20/h6-9,12H,5H2,1-4H3,(H,21,23)/t12-/m1/s1. The van der Waals surface area contributed by atoms with Crippen LogP contribution in [0.15, 0.2) is 24.3 Å². The van der Waals surface area contributed by atoms with Crippen LogP contribution in [-0.2, 0) is 16.1 Å². The molecule has 7 heteroatoms. The number of hydrogen-bond donors (Lipinski definition) is 1. The molecular formula is C18H20Cl2N2O3. The Labute approximate surface area is 156 Å². The molecule has 0 spiro atoms. The maximum absolute atomic E-state index is 12.4. The summed E-state index contributed by atoms with van der Waals surface area (Å²) in [6.07, 6.45) is -0.969. The third kappa shape index (κ3) is 4.35. The van der Waals surface area contributed by atoms with E-state index in [1.807, 2.05) is 25.3 Å². The third-order valence-corrected chi connectivity index (χ3v) is 4.50. The highest BCUT2D eigenvalue weighted by molar-refractivity contribution is 6.36. The Morgan fingerprint density at radius 2 is 1.92 bits per heavy atom. The van der Waals surface area contributed by atoms with Gasteiger partial charge in [0.1, 0.15) is 0 Å². The molecule has 0 fully saturated rings. The molecule has 1 aromatic carbocycles. The summed E-state index contributed by atoms with van der Waals surface area (Å²) in [6.45, 7) is 8.05. The number of nitrogens with zero attached hydrogens (tertiary/aromatic N) is 1. The number of aromatic nitrogens is 1. The molecule has 134 valence electrons. The first-order chi connectivity index (χ1) is 11.7. The van der Waals surface area contributed by atoms with Crippen LogP contribution in [-0.4, -0.2) is 22.5 Å². The maximum atomic E-state index is 12.4. The molecule has 1 aromatic heterocycles. The van der Waals surface area contributed by atoms with E-state index in [1.54, 1.807) is 18.2 Å². The highest BCUT2D eigenvalue weighted by Crippen LogP contribution is 2.25. The van der Waals surface area contributed by atoms with Crippen molar-refractivity contribution in [3.8, 4) is 0 Å². The molecule has 1 atom stereocenters. The van der Waals surface area contributed by atoms with Gasteiger partial charge >= 0.3 is 5.97 Å². The molecule has 0 saturated carbocycles. The Morgan fingerprint density at radius 1 is 1.24 bits per heavy atom. The summed E-state index contributed by atoms with van der Waals surface area (Å²) in [6, 6.07) is 6.49. The molecule has 2 aromatic rings. The van der Waals surface area contributed by atoms with Crippen LogP contribution in [0.4, 0.5) is 5.69 Å². The van der Waals surface area contributed by atoms with Crippen LogP contribution >= 0.6 is 23.2 Å². The zero-order valence-corrected chi connectivity index (χ0v) is 16.0. The average molecular weight is 383 g/mol. The fourth-order valence-corrected chi connectivity index (χ4v) is 3.05. The van der Waals surface area contributed by atoms with Crippen LogP contribution in [0.3, 0.4) is 0 Å². The van der Waals surface area contributed by atoms with Gasteiger partial charge in [-0.05, 0) is 52.0 Å². The van der Waals surface area contributed by atoms with Gasteiger partial charge in [-0.1, -0.05) is 23.2 Å². The van der Waals surface area contributed by atoms with Gasteiger partial charge in [-0.3, -0.25) is 4.79 Å². The summed E-state index contributed by atoms with van der Waals surface area (Å²) in [5.74, 6) is -1.00. The number of esters is 1. The number of halogens is 2. The second kappa shape index (κ2) is 7.93. The van der Waals surface area contributed by atoms with Crippen molar-refractivity contribution in [3.63, 3.8) is 0 Å². The van der Waals surface area contributed by atoms with Crippen molar-refractivity contribution in [1.82, 2.24) is 4.57 Å². The Morgan fingerprint density at radius 3 is 2.48 bits per heavy atom. The van der Waals surface area contributed by atoms with Gasteiger partial charge in [0.2, 0.25) is 0 Å². The zero-order chi connectivity index (χ0) is 18.7. The molecule has 0 aliphatic carbocycles. The molecule has 25 heavy (non-hydrogen) atoms. The van der Waals surface area contributed by atoms with Gasteiger partial charge in [0, 0.05) is 23.0 Å². The van der Waals surface area contributed by atoms with E-state index in [2.05, 4.69) is 5.32 Å². The van der Waals surface area contributed by atoms with Gasteiger partial charge in [0.15, 0.2) is 6.10 Å². The summed E-state index contributed by atoms with van der Waals surface area (Å²) in [4.78, 5) is 24.6. The Kier molecular flexibility index (Phi) is 6.14. The summed E-state index contributed by atoms with van der Waals surface area (Å²) in [7, 11) is 0. The number of anilines is 1. The number of amides is 1. The first-order valence-corrected chi connectivity index (χ1v) is 8.63. The predicted octanol–water partition coefficient (Wildman–Crippen LogP) is 4.62. The van der Waals surface area contributed by atoms with Crippen LogP contribution < -0.4 is 5.32 Å². The number of benzene rings is 1. The second-order valence-electron chi connectivity index (χ2n) is 5.69. The molecular weight excluding hydrogens is 363 g/mol. The van der Waals surface area contributed by atoms with Crippen molar-refractivity contribution < 1.29 is 14.3 Å². The lowest BCUT2D eigenvalue weighted by Gasteiger charge is -2.14. The summed E-state index contributed by atoms with van der Waals surface area (Å²) < 4.78 is 7.30. The number of carbonyl (C=O) groups excluding carboxylic acids is 2. The van der Waals surface area contributed by atoms with Gasteiger partial charge < -0.3 is 14.6 Å². The number of nitrogens with one attached hydrogen (secondary N) is 1. The topological polar surface area (TPSA) is 60.3 Å². The molecule has 2 rings (SSSR count). The van der Waals surface area contributed by atoms with Crippen molar-refractivity contribution in [2.75, 3.05) is 5.32 Å². The normalized spacial score (nSPS) is 11.9. The SMILES string of the molecule is CCn1c(C)cc(C(=O)O[C@H](C)C(=O)Nc2ccc(Cl)cc2Cl)c1C. The van der Waals surface area contributed by atoms with E-state index in [9.17, 15) is 9.59 Å². The van der Waals surface area contributed by atoms with E-state index in [-0.39, 0.29) is 0 Å². The number of carbonyl (C=O) groups is 2. The molecule has 0 bridgehead atoms. The van der Waals surface area contributed by atoms with Crippen molar-refractivity contribution in [2.24, 2.45) is 0 Å². The van der Waals surface area contributed by atoms with Gasteiger partial charge in [-0.25, -0.2) is 4.79 Å². The van der Waals surface area contributed by atoms with Gasteiger partial charge in [-0.15, -0.1) is 0 Å². The van der Waals surface area contributed by atoms with Crippen molar-refractivity contribution in [1.29, 1.82) is 0 Å². The smallest absolute Gasteiger partial charge is 0.340 e. The fourth-order valence-electron chi connectivity index (χ4n) is 2.60. The fraction of sp³-hybridized carbons (Fsp3) is 0.333. The first-order valence-electron chi connectivity index (χ1n) is 7.88. The Balaban J connectivity index is 2.07. The quantitative estimate of drug-likeness (QED) is 0.767. The summed E-state index contributed by atoms with van der Waals surface area (Å²) in [5, 5.41) is 3.40. The minimum atomic E-state index is -0.969. The van der Waals surface area contributed by atoms with Crippen molar-refractivity contribution in [3.05, 3.63) is 51.3 Å². The monoisotopic (exact) mass is 382 g/mol. The molecule has 0 unspecified atom stereocenters. The van der Waals surface area contributed by atoms with Crippen LogP contribution in [0.2, 0.25) is 10.0 Å². The molecule has 0 radical (unpaired) electrons. The summed E-state index contributed by atoms with van der Waals surface area (Å²) in [5.41, 5.74) is 2.65. The zero-order valence-electron chi connectivity index (χ0n) is 14.5. The van der Waals surface area contributed by atoms with Gasteiger partial charge in [0.25, 0.3) is 5.91 Å². The van der Waals surface area contributed by atoms with E-state index in [0.717, 1.165) is 17.9 Å². The molecule has 1 heterocycles. The number of hydrogen-bond acceptors (Lipinski definition) is 3. The lowest BCUT2D eigenvalue weighted by Crippen LogP contribution is -2.30. The van der Waals surface area contributed by atoms with E-state index in [1.165, 1.54) is 13.0 Å². The summed E-state index contributed by atoms with van der Waals surface area (Å²) >= 11 is 11.9. The highest BCUT2D eigenvalue weighted by atomic mass is 35.5. The molecule has 0 aliphatic heterocycles. The minimum absolute atomic E-state index is 0.311. The van der Waals surface area contributed by atoms with Crippen LogP contribution in [0, 0.1) is 13.8 Å². The molecule has 1 amide bonds. The Hall–Kier alpha value is -1.98. The van der Waals surface area contributed by atoms with Crippen molar-refractivity contribution in [2.45, 2.75) is 40.3 Å². The predicted molar refractivity (Wildman–Crippen MR) is 99.5 cm³/mol. The van der Waals surface area contributed by atoms with Crippen molar-refractivity contribution >= 4 is 40.8 Å². The van der Waals surface area contributed by atoms with Crippen LogP contribution in [0.5, 0.6) is 0 Å². The van der Waals surface area contributed by atoms with Gasteiger partial charge in [0.05, 0.1) is 16.3 Å². The lowest BCUT2D eigenvalue weighted by atomic mass is 10.2. The van der Waals surface area contributed by atoms with Crippen LogP contribution in [0.25, 0.3) is 0 Å². The third-order valence-electron chi connectivity index (χ3n) is 3.95. The molecule has 1 N–H and O–H groups in total. The average Bonchev–Trinajstić information content (AvgIpc) is 2.84. The largest absolute Gasteiger partial charge is 0.449 e. The first kappa shape index (κ1) is 19.3. The minimum Gasteiger partial charge on any atom is -0.449 e. The van der Waals surface area contributed by atoms with E-state index < -0.39 is 18.0 Å². The molecule has 0 aliphatic rings. The molecule has 5 nitrogen and oxygen atoms in total. The number of aryl methyl sites for hydroxylation is 1. The Bertz CT molecular complexity index is 815. The second-order valence-corrected chi connectivity index (χ2v) is 6.53. The number of ether oxygens (including phenoxy) is 1. The van der Waals surface area contributed by atoms with E-state index in [4.69, 9.17) is 27.9 Å². The van der Waals surface area contributed by atoms with E-state index >= 15 is 0 Å². The van der Waals surface area contributed by atoms with Gasteiger partial charge in [-0.2, -0.15) is 0 Å². The van der Waals surface area contributed by atoms with E-state index in [0.29, 0.717) is 21.3 Å². The maximum Gasteiger partial charge on any atom is 0.340 e. The molecule has 0 saturated heterocycles. The number of rotatable bonds is 5. The van der Waals surface area contributed by atoms with Crippen LogP contribution in [0.1, 0.15) is 35.6 Å². The highest BCUT2D eigenvalue weighted by Gasteiger charge is 2.22. The lowest BCUT2D eigenvalue weighted by molar-refractivity contribution is -0.123.